The molecule has 4 rings (SSSR count). The molecule has 0 saturated carbocycles. The van der Waals surface area contributed by atoms with E-state index in [1.54, 1.807) is 18.0 Å². The van der Waals surface area contributed by atoms with Crippen LogP contribution in [0, 0.1) is 11.8 Å². The summed E-state index contributed by atoms with van der Waals surface area (Å²) in [5.41, 5.74) is 1.65. The second kappa shape index (κ2) is 6.48. The summed E-state index contributed by atoms with van der Waals surface area (Å²) in [6.45, 7) is 1.73. The Morgan fingerprint density at radius 2 is 1.79 bits per heavy atom. The topological polar surface area (TPSA) is 38.1 Å². The van der Waals surface area contributed by atoms with Crippen LogP contribution in [0.5, 0.6) is 0 Å². The van der Waals surface area contributed by atoms with E-state index in [0.29, 0.717) is 17.5 Å². The summed E-state index contributed by atoms with van der Waals surface area (Å²) in [6.07, 6.45) is 10.4. The fourth-order valence-electron chi connectivity index (χ4n) is 3.80. The maximum Gasteiger partial charge on any atom is 0.272 e. The standard InChI is InChI=1S/C19H21N3OS/c1-24-19-20-11-17(22(19)16-9-3-2-4-10-16)18(23)21-12-14-7-5-6-8-15(14)13-21/h2-6,9-11,14-15H,7-8,12-13H2,1H3/t14-,15-/m0/s1. The lowest BCUT2D eigenvalue weighted by molar-refractivity contribution is 0.0775. The third-order valence-electron chi connectivity index (χ3n) is 5.05. The molecule has 0 N–H and O–H groups in total. The van der Waals surface area contributed by atoms with Crippen molar-refractivity contribution in [1.82, 2.24) is 14.5 Å². The van der Waals surface area contributed by atoms with Crippen molar-refractivity contribution in [2.45, 2.75) is 18.0 Å². The number of aromatic nitrogens is 2. The van der Waals surface area contributed by atoms with E-state index in [4.69, 9.17) is 0 Å². The molecule has 2 atom stereocenters. The van der Waals surface area contributed by atoms with Gasteiger partial charge in [-0.3, -0.25) is 9.36 Å². The minimum absolute atomic E-state index is 0.0982. The van der Waals surface area contributed by atoms with Gasteiger partial charge in [0.25, 0.3) is 5.91 Å². The molecule has 1 aliphatic heterocycles. The molecule has 124 valence electrons. The highest BCUT2D eigenvalue weighted by Gasteiger charge is 2.36. The minimum Gasteiger partial charge on any atom is -0.337 e. The smallest absolute Gasteiger partial charge is 0.272 e. The van der Waals surface area contributed by atoms with Gasteiger partial charge in [-0.25, -0.2) is 4.98 Å². The average molecular weight is 339 g/mol. The first-order valence-electron chi connectivity index (χ1n) is 8.39. The molecule has 2 aliphatic rings. The molecule has 1 saturated heterocycles. The van der Waals surface area contributed by atoms with Crippen LogP contribution in [-0.2, 0) is 0 Å². The molecule has 2 heterocycles. The third-order valence-corrected chi connectivity index (χ3v) is 5.71. The van der Waals surface area contributed by atoms with E-state index in [1.807, 2.05) is 46.1 Å². The Morgan fingerprint density at radius 3 is 2.42 bits per heavy atom. The normalized spacial score (nSPS) is 22.6. The summed E-state index contributed by atoms with van der Waals surface area (Å²) in [7, 11) is 0. The Morgan fingerprint density at radius 1 is 1.12 bits per heavy atom. The van der Waals surface area contributed by atoms with Gasteiger partial charge in [0, 0.05) is 18.8 Å². The summed E-state index contributed by atoms with van der Waals surface area (Å²) >= 11 is 1.56. The van der Waals surface area contributed by atoms with Crippen molar-refractivity contribution in [1.29, 1.82) is 0 Å². The second-order valence-corrected chi connectivity index (χ2v) is 7.25. The lowest BCUT2D eigenvalue weighted by Crippen LogP contribution is -2.30. The lowest BCUT2D eigenvalue weighted by Gasteiger charge is -2.18. The van der Waals surface area contributed by atoms with Crippen LogP contribution >= 0.6 is 11.8 Å². The molecule has 1 aliphatic carbocycles. The van der Waals surface area contributed by atoms with Gasteiger partial charge in [0.05, 0.1) is 6.20 Å². The Hall–Kier alpha value is -2.01. The number of amides is 1. The fourth-order valence-corrected chi connectivity index (χ4v) is 4.34. The number of fused-ring (bicyclic) bond motifs is 1. The summed E-state index contributed by atoms with van der Waals surface area (Å²) in [6, 6.07) is 10.0. The van der Waals surface area contributed by atoms with Gasteiger partial charge in [0.15, 0.2) is 5.16 Å². The number of likely N-dealkylation sites (tertiary alicyclic amines) is 1. The number of imidazole rings is 1. The number of carbonyl (C=O) groups excluding carboxylic acids is 1. The Kier molecular flexibility index (Phi) is 4.19. The maximum atomic E-state index is 13.1. The first-order valence-corrected chi connectivity index (χ1v) is 9.62. The second-order valence-electron chi connectivity index (χ2n) is 6.47. The van der Waals surface area contributed by atoms with E-state index in [-0.39, 0.29) is 5.91 Å². The van der Waals surface area contributed by atoms with Crippen molar-refractivity contribution in [2.24, 2.45) is 11.8 Å². The van der Waals surface area contributed by atoms with Gasteiger partial charge in [-0.1, -0.05) is 42.1 Å². The Bertz CT molecular complexity index is 752. The number of hydrogen-bond donors (Lipinski definition) is 0. The minimum atomic E-state index is 0.0982. The third kappa shape index (κ3) is 2.67. The predicted octanol–water partition coefficient (Wildman–Crippen LogP) is 3.63. The number of hydrogen-bond acceptors (Lipinski definition) is 3. The molecule has 24 heavy (non-hydrogen) atoms. The number of nitrogens with zero attached hydrogens (tertiary/aromatic N) is 3. The van der Waals surface area contributed by atoms with Crippen molar-refractivity contribution in [3.63, 3.8) is 0 Å². The molecule has 1 aromatic heterocycles. The van der Waals surface area contributed by atoms with Crippen molar-refractivity contribution < 1.29 is 4.79 Å². The zero-order valence-electron chi connectivity index (χ0n) is 13.8. The molecule has 1 amide bonds. The molecule has 0 bridgehead atoms. The van der Waals surface area contributed by atoms with Crippen LogP contribution < -0.4 is 0 Å². The van der Waals surface area contributed by atoms with E-state index >= 15 is 0 Å². The van der Waals surface area contributed by atoms with Crippen LogP contribution in [-0.4, -0.2) is 39.7 Å². The Balaban J connectivity index is 1.65. The molecular formula is C19H21N3OS. The number of para-hydroxylation sites is 1. The number of rotatable bonds is 3. The average Bonchev–Trinajstić information content (AvgIpc) is 3.25. The van der Waals surface area contributed by atoms with Gasteiger partial charge in [-0.15, -0.1) is 0 Å². The van der Waals surface area contributed by atoms with Gasteiger partial charge in [-0.05, 0) is 43.1 Å². The van der Waals surface area contributed by atoms with Crippen molar-refractivity contribution in [3.8, 4) is 5.69 Å². The highest BCUT2D eigenvalue weighted by atomic mass is 32.2. The lowest BCUT2D eigenvalue weighted by atomic mass is 9.86. The zero-order valence-corrected chi connectivity index (χ0v) is 14.6. The highest BCUT2D eigenvalue weighted by Crippen LogP contribution is 2.34. The molecule has 4 nitrogen and oxygen atoms in total. The largest absolute Gasteiger partial charge is 0.337 e. The summed E-state index contributed by atoms with van der Waals surface area (Å²) in [5.74, 6) is 1.33. The van der Waals surface area contributed by atoms with Crippen LogP contribution in [0.2, 0.25) is 0 Å². The van der Waals surface area contributed by atoms with Crippen molar-refractivity contribution >= 4 is 17.7 Å². The van der Waals surface area contributed by atoms with Gasteiger partial charge in [-0.2, -0.15) is 0 Å². The van der Waals surface area contributed by atoms with Crippen LogP contribution in [0.25, 0.3) is 5.69 Å². The summed E-state index contributed by atoms with van der Waals surface area (Å²) in [4.78, 5) is 19.6. The predicted molar refractivity (Wildman–Crippen MR) is 96.6 cm³/mol. The van der Waals surface area contributed by atoms with E-state index in [2.05, 4.69) is 17.1 Å². The maximum absolute atomic E-state index is 13.1. The number of carbonyl (C=O) groups is 1. The molecule has 5 heteroatoms. The van der Waals surface area contributed by atoms with Crippen LogP contribution in [0.1, 0.15) is 23.3 Å². The number of allylic oxidation sites excluding steroid dienone is 2. The van der Waals surface area contributed by atoms with Gasteiger partial charge >= 0.3 is 0 Å². The first kappa shape index (κ1) is 15.5. The summed E-state index contributed by atoms with van der Waals surface area (Å²) in [5, 5.41) is 0.850. The molecular weight excluding hydrogens is 318 g/mol. The van der Waals surface area contributed by atoms with Crippen LogP contribution in [0.4, 0.5) is 0 Å². The monoisotopic (exact) mass is 339 g/mol. The SMILES string of the molecule is CSc1ncc(C(=O)N2C[C@@H]3CC=CC[C@H]3C2)n1-c1ccccc1. The number of benzene rings is 1. The molecule has 0 unspecified atom stereocenters. The molecule has 2 aromatic rings. The quantitative estimate of drug-likeness (QED) is 0.633. The zero-order chi connectivity index (χ0) is 16.5. The van der Waals surface area contributed by atoms with E-state index < -0.39 is 0 Å². The van der Waals surface area contributed by atoms with E-state index in [0.717, 1.165) is 36.8 Å². The van der Waals surface area contributed by atoms with Crippen LogP contribution in [0.15, 0.2) is 53.8 Å². The highest BCUT2D eigenvalue weighted by molar-refractivity contribution is 7.98. The van der Waals surface area contributed by atoms with Crippen molar-refractivity contribution in [2.75, 3.05) is 19.3 Å². The van der Waals surface area contributed by atoms with Gasteiger partial charge < -0.3 is 4.90 Å². The first-order chi connectivity index (χ1) is 11.8. The molecule has 1 fully saturated rings. The molecule has 0 radical (unpaired) electrons. The fraction of sp³-hybridized carbons (Fsp3) is 0.368. The van der Waals surface area contributed by atoms with E-state index in [9.17, 15) is 4.79 Å². The van der Waals surface area contributed by atoms with E-state index in [1.165, 1.54) is 0 Å². The van der Waals surface area contributed by atoms with Crippen LogP contribution in [0.3, 0.4) is 0 Å². The Labute approximate surface area is 146 Å². The number of thioether (sulfide) groups is 1. The molecule has 1 aromatic carbocycles. The molecule has 0 spiro atoms. The van der Waals surface area contributed by atoms with Crippen molar-refractivity contribution in [3.05, 3.63) is 54.4 Å². The summed E-state index contributed by atoms with van der Waals surface area (Å²) < 4.78 is 1.98. The van der Waals surface area contributed by atoms with Gasteiger partial charge in [0.1, 0.15) is 5.69 Å². The van der Waals surface area contributed by atoms with Gasteiger partial charge in [0.2, 0.25) is 0 Å².